The number of likely N-dealkylation sites (N-methyl/N-ethyl adjacent to an activating group) is 1. The minimum Gasteiger partial charge on any atom is -0.494 e. The normalized spacial score (nSPS) is 10.6. The molecule has 1 aromatic carbocycles. The van der Waals surface area contributed by atoms with Gasteiger partial charge < -0.3 is 4.74 Å². The van der Waals surface area contributed by atoms with Crippen LogP contribution in [-0.4, -0.2) is 31.4 Å². The summed E-state index contributed by atoms with van der Waals surface area (Å²) in [5, 5.41) is 0. The first-order valence-corrected chi connectivity index (χ1v) is 5.03. The molecule has 0 radical (unpaired) electrons. The van der Waals surface area contributed by atoms with Crippen molar-refractivity contribution in [2.45, 2.75) is 13.5 Å². The van der Waals surface area contributed by atoms with Gasteiger partial charge in [0.25, 0.3) is 0 Å². The molecule has 4 heteroatoms. The summed E-state index contributed by atoms with van der Waals surface area (Å²) in [6.45, 7) is 2.44. The number of rotatable bonds is 5. The van der Waals surface area contributed by atoms with E-state index in [0.717, 1.165) is 5.56 Å². The van der Waals surface area contributed by atoms with Crippen LogP contribution in [0, 0.1) is 5.82 Å². The summed E-state index contributed by atoms with van der Waals surface area (Å²) in [5.74, 6) is -0.0503. The number of ketones is 1. The third kappa shape index (κ3) is 3.62. The molecule has 0 amide bonds. The highest BCUT2D eigenvalue weighted by Gasteiger charge is 2.06. The van der Waals surface area contributed by atoms with E-state index in [0.29, 0.717) is 13.1 Å². The Balaban J connectivity index is 2.67. The second kappa shape index (κ2) is 5.61. The van der Waals surface area contributed by atoms with Gasteiger partial charge in [-0.25, -0.2) is 4.39 Å². The van der Waals surface area contributed by atoms with Gasteiger partial charge in [-0.1, -0.05) is 6.07 Å². The number of nitrogens with zero attached hydrogens (tertiary/aromatic N) is 1. The Morgan fingerprint density at radius 3 is 2.69 bits per heavy atom. The first-order chi connectivity index (χ1) is 7.52. The lowest BCUT2D eigenvalue weighted by atomic mass is 10.2. The van der Waals surface area contributed by atoms with Crippen LogP contribution in [0.1, 0.15) is 12.5 Å². The fourth-order valence-corrected chi connectivity index (χ4v) is 1.56. The van der Waals surface area contributed by atoms with Gasteiger partial charge >= 0.3 is 0 Å². The molecular weight excluding hydrogens is 209 g/mol. The third-order valence-corrected chi connectivity index (χ3v) is 2.16. The van der Waals surface area contributed by atoms with Gasteiger partial charge in [-0.15, -0.1) is 0 Å². The summed E-state index contributed by atoms with van der Waals surface area (Å²) < 4.78 is 18.2. The quantitative estimate of drug-likeness (QED) is 0.766. The number of halogens is 1. The molecule has 0 saturated heterocycles. The smallest absolute Gasteiger partial charge is 0.165 e. The second-order valence-electron chi connectivity index (χ2n) is 3.84. The molecule has 0 fully saturated rings. The van der Waals surface area contributed by atoms with Gasteiger partial charge in [-0.3, -0.25) is 9.69 Å². The Morgan fingerprint density at radius 2 is 2.19 bits per heavy atom. The van der Waals surface area contributed by atoms with Crippen LogP contribution in [0.3, 0.4) is 0 Å². The van der Waals surface area contributed by atoms with Gasteiger partial charge in [0, 0.05) is 6.54 Å². The Kier molecular flexibility index (Phi) is 4.43. The molecule has 0 aliphatic heterocycles. The van der Waals surface area contributed by atoms with E-state index in [4.69, 9.17) is 4.74 Å². The van der Waals surface area contributed by atoms with Gasteiger partial charge in [0.05, 0.1) is 13.7 Å². The minimum atomic E-state index is -0.378. The van der Waals surface area contributed by atoms with Crippen molar-refractivity contribution in [1.82, 2.24) is 4.90 Å². The van der Waals surface area contributed by atoms with Crippen LogP contribution in [-0.2, 0) is 11.3 Å². The van der Waals surface area contributed by atoms with Crippen molar-refractivity contribution in [3.8, 4) is 5.75 Å². The maximum atomic E-state index is 13.4. The van der Waals surface area contributed by atoms with E-state index >= 15 is 0 Å². The zero-order valence-corrected chi connectivity index (χ0v) is 9.79. The summed E-state index contributed by atoms with van der Waals surface area (Å²) in [6, 6.07) is 4.81. The van der Waals surface area contributed by atoms with Crippen LogP contribution >= 0.6 is 0 Å². The molecule has 0 spiro atoms. The highest BCUT2D eigenvalue weighted by atomic mass is 19.1. The number of benzene rings is 1. The fraction of sp³-hybridized carbons (Fsp3) is 0.417. The monoisotopic (exact) mass is 225 g/mol. The maximum Gasteiger partial charge on any atom is 0.165 e. The molecule has 0 aromatic heterocycles. The summed E-state index contributed by atoms with van der Waals surface area (Å²) in [7, 11) is 3.25. The lowest BCUT2D eigenvalue weighted by Crippen LogP contribution is -2.23. The van der Waals surface area contributed by atoms with Gasteiger partial charge in [-0.05, 0) is 31.7 Å². The van der Waals surface area contributed by atoms with Crippen molar-refractivity contribution >= 4 is 5.78 Å². The summed E-state index contributed by atoms with van der Waals surface area (Å²) in [4.78, 5) is 12.7. The maximum absolute atomic E-state index is 13.4. The van der Waals surface area contributed by atoms with Gasteiger partial charge in [-0.2, -0.15) is 0 Å². The third-order valence-electron chi connectivity index (χ3n) is 2.16. The van der Waals surface area contributed by atoms with Crippen LogP contribution in [0.5, 0.6) is 5.75 Å². The number of hydrogen-bond acceptors (Lipinski definition) is 3. The average molecular weight is 225 g/mol. The Morgan fingerprint density at radius 1 is 1.50 bits per heavy atom. The van der Waals surface area contributed by atoms with E-state index in [-0.39, 0.29) is 17.3 Å². The standard InChI is InChI=1S/C12H16FNO2/c1-9(15)7-14(2)8-10-4-5-12(16-3)11(13)6-10/h4-6H,7-8H2,1-3H3. The van der Waals surface area contributed by atoms with Crippen LogP contribution in [0.15, 0.2) is 18.2 Å². The SMILES string of the molecule is COc1ccc(CN(C)CC(C)=O)cc1F. The predicted octanol–water partition coefficient (Wildman–Crippen LogP) is 1.86. The fourth-order valence-electron chi connectivity index (χ4n) is 1.56. The summed E-state index contributed by atoms with van der Waals surface area (Å²) >= 11 is 0. The molecule has 0 bridgehead atoms. The molecule has 0 saturated carbocycles. The molecule has 16 heavy (non-hydrogen) atoms. The topological polar surface area (TPSA) is 29.5 Å². The van der Waals surface area contributed by atoms with E-state index in [1.165, 1.54) is 20.1 Å². The first kappa shape index (κ1) is 12.6. The second-order valence-corrected chi connectivity index (χ2v) is 3.84. The molecule has 0 heterocycles. The van der Waals surface area contributed by atoms with Crippen molar-refractivity contribution in [1.29, 1.82) is 0 Å². The number of methoxy groups -OCH3 is 1. The molecule has 0 aliphatic rings. The number of carbonyl (C=O) groups excluding carboxylic acids is 1. The van der Waals surface area contributed by atoms with Crippen molar-refractivity contribution in [3.63, 3.8) is 0 Å². The summed E-state index contributed by atoms with van der Waals surface area (Å²) in [6.07, 6.45) is 0. The van der Waals surface area contributed by atoms with Crippen LogP contribution < -0.4 is 4.74 Å². The molecule has 88 valence electrons. The highest BCUT2D eigenvalue weighted by Crippen LogP contribution is 2.18. The number of carbonyl (C=O) groups is 1. The van der Waals surface area contributed by atoms with Crippen LogP contribution in [0.25, 0.3) is 0 Å². The Bertz CT molecular complexity index is 379. The van der Waals surface area contributed by atoms with Crippen molar-refractivity contribution in [2.24, 2.45) is 0 Å². The van der Waals surface area contributed by atoms with Crippen molar-refractivity contribution in [2.75, 3.05) is 20.7 Å². The lowest BCUT2D eigenvalue weighted by Gasteiger charge is -2.15. The first-order valence-electron chi connectivity index (χ1n) is 5.03. The molecule has 0 atom stereocenters. The molecular formula is C12H16FNO2. The zero-order valence-electron chi connectivity index (χ0n) is 9.79. The number of Topliss-reactive ketones (excluding diaryl/α,β-unsaturated/α-hetero) is 1. The van der Waals surface area contributed by atoms with Gasteiger partial charge in [0.15, 0.2) is 11.6 Å². The lowest BCUT2D eigenvalue weighted by molar-refractivity contribution is -0.117. The van der Waals surface area contributed by atoms with E-state index < -0.39 is 0 Å². The minimum absolute atomic E-state index is 0.0940. The van der Waals surface area contributed by atoms with Crippen molar-refractivity contribution in [3.05, 3.63) is 29.6 Å². The predicted molar refractivity (Wildman–Crippen MR) is 60.0 cm³/mol. The Hall–Kier alpha value is -1.42. The number of hydrogen-bond donors (Lipinski definition) is 0. The molecule has 0 aliphatic carbocycles. The van der Waals surface area contributed by atoms with E-state index in [2.05, 4.69) is 0 Å². The summed E-state index contributed by atoms with van der Waals surface area (Å²) in [5.41, 5.74) is 0.821. The molecule has 0 unspecified atom stereocenters. The van der Waals surface area contributed by atoms with Crippen molar-refractivity contribution < 1.29 is 13.9 Å². The van der Waals surface area contributed by atoms with E-state index in [1.807, 2.05) is 11.9 Å². The molecule has 3 nitrogen and oxygen atoms in total. The largest absolute Gasteiger partial charge is 0.494 e. The number of ether oxygens (including phenoxy) is 1. The van der Waals surface area contributed by atoms with Crippen LogP contribution in [0.2, 0.25) is 0 Å². The average Bonchev–Trinajstić information content (AvgIpc) is 2.16. The molecule has 0 N–H and O–H groups in total. The van der Waals surface area contributed by atoms with E-state index in [1.54, 1.807) is 12.1 Å². The van der Waals surface area contributed by atoms with Crippen LogP contribution in [0.4, 0.5) is 4.39 Å². The van der Waals surface area contributed by atoms with E-state index in [9.17, 15) is 9.18 Å². The zero-order chi connectivity index (χ0) is 12.1. The van der Waals surface area contributed by atoms with Gasteiger partial charge in [0.2, 0.25) is 0 Å². The Labute approximate surface area is 94.8 Å². The highest BCUT2D eigenvalue weighted by molar-refractivity contribution is 5.77. The van der Waals surface area contributed by atoms with Gasteiger partial charge in [0.1, 0.15) is 5.78 Å². The molecule has 1 aromatic rings. The molecule has 1 rings (SSSR count).